The molecule has 0 spiro atoms. The van der Waals surface area contributed by atoms with Crippen molar-refractivity contribution >= 4 is 29.0 Å². The number of hydrogen-bond acceptors (Lipinski definition) is 6. The lowest BCUT2D eigenvalue weighted by molar-refractivity contribution is 0.0930. The molecule has 5 nitrogen and oxygen atoms in total. The molecular weight excluding hydrogens is 411 g/mol. The van der Waals surface area contributed by atoms with Gasteiger partial charge in [-0.1, -0.05) is 0 Å². The van der Waals surface area contributed by atoms with Crippen LogP contribution >= 0.6 is 23.1 Å². The lowest BCUT2D eigenvalue weighted by Gasteiger charge is -2.25. The van der Waals surface area contributed by atoms with Gasteiger partial charge in [-0.3, -0.25) is 4.79 Å². The van der Waals surface area contributed by atoms with Gasteiger partial charge < -0.3 is 14.8 Å². The average Bonchev–Trinajstić information content (AvgIpc) is 3.24. The monoisotopic (exact) mass is 430 g/mol. The molecule has 3 aromatic rings. The number of thioether (sulfide) groups is 1. The molecule has 1 aliphatic heterocycles. The second-order valence-corrected chi connectivity index (χ2v) is 8.45. The summed E-state index contributed by atoms with van der Waals surface area (Å²) in [5, 5.41) is 5.44. The minimum Gasteiger partial charge on any atom is -0.493 e. The zero-order valence-corrected chi connectivity index (χ0v) is 17.5. The van der Waals surface area contributed by atoms with Crippen molar-refractivity contribution in [3.05, 3.63) is 58.9 Å². The maximum atomic E-state index is 13.7. The van der Waals surface area contributed by atoms with E-state index in [1.165, 1.54) is 23.5 Å². The van der Waals surface area contributed by atoms with Gasteiger partial charge >= 0.3 is 0 Å². The highest BCUT2D eigenvalue weighted by molar-refractivity contribution is 7.99. The third-order valence-electron chi connectivity index (χ3n) is 4.68. The van der Waals surface area contributed by atoms with Gasteiger partial charge in [0.15, 0.2) is 11.5 Å². The van der Waals surface area contributed by atoms with Gasteiger partial charge in [0.1, 0.15) is 16.5 Å². The molecule has 2 heterocycles. The summed E-state index contributed by atoms with van der Waals surface area (Å²) in [5.74, 6) is 1.55. The van der Waals surface area contributed by atoms with E-state index in [4.69, 9.17) is 9.47 Å². The number of fused-ring (bicyclic) bond motifs is 1. The van der Waals surface area contributed by atoms with Gasteiger partial charge in [-0.05, 0) is 48.4 Å². The largest absolute Gasteiger partial charge is 0.493 e. The van der Waals surface area contributed by atoms with Crippen LogP contribution < -0.4 is 14.8 Å². The van der Waals surface area contributed by atoms with Gasteiger partial charge in [0.25, 0.3) is 5.91 Å². The molecule has 1 atom stereocenters. The van der Waals surface area contributed by atoms with Gasteiger partial charge in [-0.25, -0.2) is 9.37 Å². The van der Waals surface area contributed by atoms with E-state index in [0.29, 0.717) is 22.2 Å². The van der Waals surface area contributed by atoms with Crippen LogP contribution in [0.5, 0.6) is 11.5 Å². The normalized spacial score (nSPS) is 15.5. The Morgan fingerprint density at radius 2 is 2.00 bits per heavy atom. The summed E-state index contributed by atoms with van der Waals surface area (Å²) in [4.78, 5) is 18.3. The van der Waals surface area contributed by atoms with E-state index in [1.807, 2.05) is 12.1 Å². The predicted molar refractivity (Wildman–Crippen MR) is 113 cm³/mol. The van der Waals surface area contributed by atoms with Crippen molar-refractivity contribution in [2.75, 3.05) is 20.0 Å². The number of nitrogens with zero attached hydrogens (tertiary/aromatic N) is 1. The maximum absolute atomic E-state index is 13.7. The van der Waals surface area contributed by atoms with Crippen LogP contribution in [0.3, 0.4) is 0 Å². The topological polar surface area (TPSA) is 60.5 Å². The molecular formula is C21H19FN2O3S2. The summed E-state index contributed by atoms with van der Waals surface area (Å²) in [6.07, 6.45) is 0.750. The van der Waals surface area contributed by atoms with Gasteiger partial charge in [0, 0.05) is 21.6 Å². The molecule has 0 aliphatic carbocycles. The van der Waals surface area contributed by atoms with E-state index in [1.54, 1.807) is 43.5 Å². The van der Waals surface area contributed by atoms with Crippen LogP contribution in [-0.4, -0.2) is 30.9 Å². The molecule has 0 radical (unpaired) electrons. The summed E-state index contributed by atoms with van der Waals surface area (Å²) < 4.78 is 24.3. The van der Waals surface area contributed by atoms with E-state index >= 15 is 0 Å². The van der Waals surface area contributed by atoms with E-state index in [0.717, 1.165) is 28.2 Å². The fourth-order valence-corrected chi connectivity index (χ4v) is 5.13. The number of thiazole rings is 1. The number of carbonyl (C=O) groups excluding carboxylic acids is 1. The number of aromatic nitrogens is 1. The van der Waals surface area contributed by atoms with Crippen molar-refractivity contribution in [2.45, 2.75) is 17.4 Å². The Kier molecular flexibility index (Phi) is 5.73. The van der Waals surface area contributed by atoms with Crippen molar-refractivity contribution in [1.82, 2.24) is 10.3 Å². The number of carbonyl (C=O) groups is 1. The first-order chi connectivity index (χ1) is 14.1. The molecule has 1 aromatic heterocycles. The van der Waals surface area contributed by atoms with Crippen LogP contribution in [0.1, 0.15) is 28.5 Å². The van der Waals surface area contributed by atoms with E-state index in [-0.39, 0.29) is 17.8 Å². The van der Waals surface area contributed by atoms with Crippen LogP contribution in [0.4, 0.5) is 4.39 Å². The number of nitrogens with one attached hydrogen (secondary N) is 1. The number of rotatable bonds is 5. The van der Waals surface area contributed by atoms with E-state index in [9.17, 15) is 9.18 Å². The molecule has 0 bridgehead atoms. The minimum atomic E-state index is -0.296. The Balaban J connectivity index is 1.54. The molecule has 1 amide bonds. The van der Waals surface area contributed by atoms with Crippen LogP contribution in [0.15, 0.2) is 46.7 Å². The lowest BCUT2D eigenvalue weighted by Crippen LogP contribution is -2.31. The zero-order valence-electron chi connectivity index (χ0n) is 15.9. The SMILES string of the molecule is COc1ccc(-c2nc(C(=O)N[C@@H]3CCSc4ccc(F)cc43)cs2)cc1OC. The standard InChI is InChI=1S/C21H19FN2O3S2/c1-26-17-5-3-12(9-18(17)27-2)21-24-16(11-29-21)20(25)23-15-7-8-28-19-6-4-13(22)10-14(15)19/h3-6,9-11,15H,7-8H2,1-2H3,(H,23,25)/t15-/m1/s1. The predicted octanol–water partition coefficient (Wildman–Crippen LogP) is 4.93. The molecule has 29 heavy (non-hydrogen) atoms. The zero-order chi connectivity index (χ0) is 20.4. The Morgan fingerprint density at radius 3 is 2.79 bits per heavy atom. The highest BCUT2D eigenvalue weighted by atomic mass is 32.2. The van der Waals surface area contributed by atoms with Gasteiger partial charge in [-0.15, -0.1) is 23.1 Å². The van der Waals surface area contributed by atoms with Gasteiger partial charge in [0.2, 0.25) is 0 Å². The molecule has 0 saturated carbocycles. The third kappa shape index (κ3) is 4.09. The first-order valence-corrected chi connectivity index (χ1v) is 10.9. The Morgan fingerprint density at radius 1 is 1.17 bits per heavy atom. The van der Waals surface area contributed by atoms with E-state index in [2.05, 4.69) is 10.3 Å². The molecule has 2 aromatic carbocycles. The number of ether oxygens (including phenoxy) is 2. The summed E-state index contributed by atoms with van der Waals surface area (Å²) >= 11 is 3.06. The quantitative estimate of drug-likeness (QED) is 0.622. The molecule has 1 aliphatic rings. The van der Waals surface area contributed by atoms with Crippen LogP contribution in [0, 0.1) is 5.82 Å². The average molecular weight is 431 g/mol. The fraction of sp³-hybridized carbons (Fsp3) is 0.238. The van der Waals surface area contributed by atoms with Crippen molar-refractivity contribution in [1.29, 1.82) is 0 Å². The molecule has 0 unspecified atom stereocenters. The fourth-order valence-electron chi connectivity index (χ4n) is 3.23. The number of benzene rings is 2. The summed E-state index contributed by atoms with van der Waals surface area (Å²) in [6, 6.07) is 10.0. The molecule has 150 valence electrons. The first-order valence-electron chi connectivity index (χ1n) is 9.00. The number of methoxy groups -OCH3 is 2. The first kappa shape index (κ1) is 19.7. The van der Waals surface area contributed by atoms with Crippen LogP contribution in [-0.2, 0) is 0 Å². The molecule has 8 heteroatoms. The maximum Gasteiger partial charge on any atom is 0.271 e. The second kappa shape index (κ2) is 8.42. The van der Waals surface area contributed by atoms with Crippen LogP contribution in [0.25, 0.3) is 10.6 Å². The summed E-state index contributed by atoms with van der Waals surface area (Å²) in [7, 11) is 3.16. The highest BCUT2D eigenvalue weighted by Gasteiger charge is 2.24. The van der Waals surface area contributed by atoms with Crippen molar-refractivity contribution in [3.8, 4) is 22.1 Å². The van der Waals surface area contributed by atoms with Gasteiger partial charge in [-0.2, -0.15) is 0 Å². The van der Waals surface area contributed by atoms with Crippen molar-refractivity contribution in [3.63, 3.8) is 0 Å². The highest BCUT2D eigenvalue weighted by Crippen LogP contribution is 2.37. The van der Waals surface area contributed by atoms with Crippen molar-refractivity contribution in [2.24, 2.45) is 0 Å². The number of halogens is 1. The number of amides is 1. The molecule has 1 N–H and O–H groups in total. The summed E-state index contributed by atoms with van der Waals surface area (Å²) in [6.45, 7) is 0. The lowest BCUT2D eigenvalue weighted by atomic mass is 10.0. The second-order valence-electron chi connectivity index (χ2n) is 6.45. The van der Waals surface area contributed by atoms with Gasteiger partial charge in [0.05, 0.1) is 20.3 Å². The molecule has 0 fully saturated rings. The Hall–Kier alpha value is -2.58. The molecule has 4 rings (SSSR count). The number of hydrogen-bond donors (Lipinski definition) is 1. The minimum absolute atomic E-state index is 0.222. The van der Waals surface area contributed by atoms with Crippen molar-refractivity contribution < 1.29 is 18.7 Å². The Bertz CT molecular complexity index is 1050. The third-order valence-corrected chi connectivity index (χ3v) is 6.70. The molecule has 0 saturated heterocycles. The Labute approximate surface area is 176 Å². The van der Waals surface area contributed by atoms with E-state index < -0.39 is 0 Å². The van der Waals surface area contributed by atoms with Crippen LogP contribution in [0.2, 0.25) is 0 Å². The summed E-state index contributed by atoms with van der Waals surface area (Å²) in [5.41, 5.74) is 2.01. The smallest absolute Gasteiger partial charge is 0.271 e.